The predicted octanol–water partition coefficient (Wildman–Crippen LogP) is 0.704. The van der Waals surface area contributed by atoms with Crippen molar-refractivity contribution in [1.29, 1.82) is 0 Å². The van der Waals surface area contributed by atoms with Crippen molar-refractivity contribution in [2.24, 2.45) is 0 Å². The van der Waals surface area contributed by atoms with Crippen molar-refractivity contribution in [2.45, 2.75) is 23.8 Å². The molecule has 1 unspecified atom stereocenters. The van der Waals surface area contributed by atoms with Gasteiger partial charge in [-0.15, -0.1) is 0 Å². The minimum Gasteiger partial charge on any atom is -0.478 e. The van der Waals surface area contributed by atoms with Gasteiger partial charge in [-0.2, -0.15) is 0 Å². The summed E-state index contributed by atoms with van der Waals surface area (Å²) in [4.78, 5) is 22.0. The van der Waals surface area contributed by atoms with Crippen LogP contribution in [0.4, 0.5) is 0 Å². The molecule has 21 heavy (non-hydrogen) atoms. The third kappa shape index (κ3) is 3.80. The molecule has 0 spiro atoms. The summed E-state index contributed by atoms with van der Waals surface area (Å²) < 4.78 is 27.2. The second kappa shape index (κ2) is 6.12. The number of carbonyl (C=O) groups is 2. The number of benzene rings is 1. The van der Waals surface area contributed by atoms with E-state index in [1.54, 1.807) is 0 Å². The minimum absolute atomic E-state index is 0.109. The second-order valence-corrected chi connectivity index (χ2v) is 7.18. The van der Waals surface area contributed by atoms with Gasteiger partial charge in [0.25, 0.3) is 0 Å². The number of sulfonamides is 1. The Morgan fingerprint density at radius 2 is 2.14 bits per heavy atom. The van der Waals surface area contributed by atoms with E-state index < -0.39 is 22.0 Å². The Morgan fingerprint density at radius 3 is 2.71 bits per heavy atom. The smallest absolute Gasteiger partial charge is 0.336 e. The summed E-state index contributed by atoms with van der Waals surface area (Å²) in [6, 6.07) is 3.39. The maximum Gasteiger partial charge on any atom is 0.336 e. The molecule has 1 fully saturated rings. The molecule has 1 aliphatic heterocycles. The molecule has 3 N–H and O–H groups in total. The molecule has 0 bridgehead atoms. The highest BCUT2D eigenvalue weighted by molar-refractivity contribution is 9.10. The lowest BCUT2D eigenvalue weighted by Crippen LogP contribution is -2.47. The van der Waals surface area contributed by atoms with Crippen LogP contribution < -0.4 is 10.0 Å². The average molecular weight is 377 g/mol. The van der Waals surface area contributed by atoms with Crippen molar-refractivity contribution in [3.05, 3.63) is 28.2 Å². The Hall–Kier alpha value is -1.45. The summed E-state index contributed by atoms with van der Waals surface area (Å²) in [7, 11) is -3.84. The monoisotopic (exact) mass is 376 g/mol. The van der Waals surface area contributed by atoms with E-state index in [2.05, 4.69) is 26.0 Å². The van der Waals surface area contributed by atoms with Crippen LogP contribution in [0.25, 0.3) is 0 Å². The molecule has 114 valence electrons. The maximum atomic E-state index is 12.2. The lowest BCUT2D eigenvalue weighted by atomic mass is 10.1. The molecule has 0 aliphatic carbocycles. The molecule has 0 aromatic heterocycles. The first-order valence-electron chi connectivity index (χ1n) is 6.11. The van der Waals surface area contributed by atoms with Crippen LogP contribution in [0.1, 0.15) is 23.2 Å². The van der Waals surface area contributed by atoms with E-state index >= 15 is 0 Å². The summed E-state index contributed by atoms with van der Waals surface area (Å²) in [6.07, 6.45) is 0.668. The number of hydrogen-bond donors (Lipinski definition) is 3. The predicted molar refractivity (Wildman–Crippen MR) is 77.5 cm³/mol. The van der Waals surface area contributed by atoms with Gasteiger partial charge in [-0.3, -0.25) is 4.79 Å². The van der Waals surface area contributed by atoms with E-state index in [1.807, 2.05) is 0 Å². The lowest BCUT2D eigenvalue weighted by molar-refractivity contribution is -0.122. The first kappa shape index (κ1) is 15.9. The topological polar surface area (TPSA) is 113 Å². The molecule has 1 heterocycles. The normalized spacial score (nSPS) is 19.1. The number of nitrogens with one attached hydrogen (secondary N) is 2. The van der Waals surface area contributed by atoms with Gasteiger partial charge >= 0.3 is 5.97 Å². The molecule has 1 saturated heterocycles. The van der Waals surface area contributed by atoms with Crippen LogP contribution in [0.3, 0.4) is 0 Å². The van der Waals surface area contributed by atoms with Crippen molar-refractivity contribution in [2.75, 3.05) is 6.54 Å². The fourth-order valence-electron chi connectivity index (χ4n) is 1.96. The summed E-state index contributed by atoms with van der Waals surface area (Å²) in [6.45, 7) is 0.223. The molecule has 1 atom stereocenters. The fraction of sp³-hybridized carbons (Fsp3) is 0.333. The van der Waals surface area contributed by atoms with Crippen molar-refractivity contribution in [3.63, 3.8) is 0 Å². The van der Waals surface area contributed by atoms with Crippen molar-refractivity contribution >= 4 is 37.8 Å². The van der Waals surface area contributed by atoms with Gasteiger partial charge in [0, 0.05) is 23.5 Å². The van der Waals surface area contributed by atoms with Crippen LogP contribution in [-0.4, -0.2) is 38.0 Å². The summed E-state index contributed by atoms with van der Waals surface area (Å²) >= 11 is 3.06. The highest BCUT2D eigenvalue weighted by atomic mass is 79.9. The summed E-state index contributed by atoms with van der Waals surface area (Å²) in [5.74, 6) is -1.33. The van der Waals surface area contributed by atoms with Crippen LogP contribution >= 0.6 is 15.9 Å². The third-order valence-corrected chi connectivity index (χ3v) is 5.28. The van der Waals surface area contributed by atoms with Crippen LogP contribution in [0, 0.1) is 0 Å². The Bertz CT molecular complexity index is 679. The SMILES string of the molecule is O=C1CCC(NS(=O)(=O)c2ccc(Br)c(C(=O)O)c2)CN1. The van der Waals surface area contributed by atoms with Gasteiger partial charge < -0.3 is 10.4 Å². The summed E-state index contributed by atoms with van der Waals surface area (Å²) in [5.41, 5.74) is -0.130. The van der Waals surface area contributed by atoms with Crippen molar-refractivity contribution < 1.29 is 23.1 Å². The molecule has 0 saturated carbocycles. The molecule has 0 radical (unpaired) electrons. The highest BCUT2D eigenvalue weighted by Crippen LogP contribution is 2.21. The van der Waals surface area contributed by atoms with Gasteiger partial charge in [0.2, 0.25) is 15.9 Å². The zero-order valence-electron chi connectivity index (χ0n) is 10.8. The Balaban J connectivity index is 2.21. The van der Waals surface area contributed by atoms with Crippen LogP contribution in [-0.2, 0) is 14.8 Å². The number of rotatable bonds is 4. The molecular weight excluding hydrogens is 364 g/mol. The maximum absolute atomic E-state index is 12.2. The van der Waals surface area contributed by atoms with Crippen LogP contribution in [0.15, 0.2) is 27.6 Å². The van der Waals surface area contributed by atoms with Gasteiger partial charge in [-0.1, -0.05) is 0 Å². The van der Waals surface area contributed by atoms with Gasteiger partial charge in [0.1, 0.15) is 0 Å². The van der Waals surface area contributed by atoms with Gasteiger partial charge in [-0.25, -0.2) is 17.9 Å². The van der Waals surface area contributed by atoms with Gasteiger partial charge in [0.15, 0.2) is 0 Å². The number of carboxylic acid groups (broad SMARTS) is 1. The Labute approximate surface area is 129 Å². The fourth-order valence-corrected chi connectivity index (χ4v) is 3.67. The molecule has 9 heteroatoms. The second-order valence-electron chi connectivity index (χ2n) is 4.61. The van der Waals surface area contributed by atoms with E-state index in [1.165, 1.54) is 12.1 Å². The minimum atomic E-state index is -3.84. The van der Waals surface area contributed by atoms with Crippen molar-refractivity contribution in [1.82, 2.24) is 10.0 Å². The van der Waals surface area contributed by atoms with Gasteiger partial charge in [0.05, 0.1) is 10.5 Å². The third-order valence-electron chi connectivity index (χ3n) is 3.07. The average Bonchev–Trinajstić information content (AvgIpc) is 2.41. The van der Waals surface area contributed by atoms with Gasteiger partial charge in [-0.05, 0) is 40.5 Å². The number of piperidine rings is 1. The number of hydrogen-bond acceptors (Lipinski definition) is 4. The molecule has 1 amide bonds. The first-order chi connectivity index (χ1) is 9.79. The molecule has 1 aliphatic rings. The molecule has 1 aromatic rings. The molecular formula is C12H13BrN2O5S. The standard InChI is InChI=1S/C12H13BrN2O5S/c13-10-3-2-8(5-9(10)12(17)18)21(19,20)15-7-1-4-11(16)14-6-7/h2-3,5,7,15H,1,4,6H2,(H,14,16)(H,17,18). The zero-order chi connectivity index (χ0) is 15.6. The quantitative estimate of drug-likeness (QED) is 0.715. The number of carboxylic acids is 1. The van der Waals surface area contributed by atoms with E-state index in [-0.39, 0.29) is 29.3 Å². The number of carbonyl (C=O) groups excluding carboxylic acids is 1. The number of halogens is 1. The van der Waals surface area contributed by atoms with E-state index in [9.17, 15) is 18.0 Å². The van der Waals surface area contributed by atoms with E-state index in [0.717, 1.165) is 6.07 Å². The number of aromatic carboxylic acids is 1. The zero-order valence-corrected chi connectivity index (χ0v) is 13.2. The Kier molecular flexibility index (Phi) is 4.64. The van der Waals surface area contributed by atoms with Crippen LogP contribution in [0.2, 0.25) is 0 Å². The largest absolute Gasteiger partial charge is 0.478 e. The molecule has 2 rings (SSSR count). The van der Waals surface area contributed by atoms with E-state index in [4.69, 9.17) is 5.11 Å². The first-order valence-corrected chi connectivity index (χ1v) is 8.39. The van der Waals surface area contributed by atoms with Crippen molar-refractivity contribution in [3.8, 4) is 0 Å². The lowest BCUT2D eigenvalue weighted by Gasteiger charge is -2.23. The Morgan fingerprint density at radius 1 is 1.43 bits per heavy atom. The number of amides is 1. The highest BCUT2D eigenvalue weighted by Gasteiger charge is 2.25. The molecule has 7 nitrogen and oxygen atoms in total. The molecule has 1 aromatic carbocycles. The van der Waals surface area contributed by atoms with Crippen LogP contribution in [0.5, 0.6) is 0 Å². The summed E-state index contributed by atoms with van der Waals surface area (Å²) in [5, 5.41) is 11.6. The van der Waals surface area contributed by atoms with E-state index in [0.29, 0.717) is 10.9 Å².